The van der Waals surface area contributed by atoms with Crippen molar-refractivity contribution in [2.45, 2.75) is 24.3 Å². The van der Waals surface area contributed by atoms with Crippen molar-refractivity contribution in [3.05, 3.63) is 70.8 Å². The Labute approximate surface area is 216 Å². The highest BCUT2D eigenvalue weighted by molar-refractivity contribution is 9.10. The number of aromatic nitrogens is 3. The van der Waals surface area contributed by atoms with Crippen molar-refractivity contribution in [2.24, 2.45) is 0 Å². The Morgan fingerprint density at radius 3 is 2.49 bits per heavy atom. The molecule has 0 radical (unpaired) electrons. The van der Waals surface area contributed by atoms with Crippen LogP contribution >= 0.6 is 39.5 Å². The van der Waals surface area contributed by atoms with E-state index in [0.29, 0.717) is 22.9 Å². The predicted molar refractivity (Wildman–Crippen MR) is 136 cm³/mol. The summed E-state index contributed by atoms with van der Waals surface area (Å²) in [6.07, 6.45) is -2.82. The largest absolute Gasteiger partial charge is 0.573 e. The molecule has 0 atom stereocenters. The van der Waals surface area contributed by atoms with Gasteiger partial charge in [-0.2, -0.15) is 5.10 Å². The second kappa shape index (κ2) is 9.25. The Bertz CT molecular complexity index is 1360. The van der Waals surface area contributed by atoms with E-state index in [1.165, 1.54) is 24.3 Å². The van der Waals surface area contributed by atoms with Crippen molar-refractivity contribution >= 4 is 39.5 Å². The van der Waals surface area contributed by atoms with Crippen LogP contribution < -0.4 is 4.74 Å². The quantitative estimate of drug-likeness (QED) is 0.239. The second-order valence-corrected chi connectivity index (χ2v) is 12.1. The van der Waals surface area contributed by atoms with Gasteiger partial charge in [-0.1, -0.05) is 15.9 Å². The molecule has 0 bridgehead atoms. The van der Waals surface area contributed by atoms with E-state index in [4.69, 9.17) is 9.52 Å². The van der Waals surface area contributed by atoms with E-state index in [0.717, 1.165) is 32.9 Å². The Balaban J connectivity index is 1.56. The van der Waals surface area contributed by atoms with Crippen LogP contribution in [0, 0.1) is 6.92 Å². The summed E-state index contributed by atoms with van der Waals surface area (Å²) < 4.78 is 50.3. The summed E-state index contributed by atoms with van der Waals surface area (Å²) in [5.74, 6) is 2.81. The van der Waals surface area contributed by atoms with Gasteiger partial charge in [0.15, 0.2) is 11.7 Å². The van der Waals surface area contributed by atoms with Gasteiger partial charge in [-0.25, -0.2) is 9.67 Å². The molecule has 0 saturated carbocycles. The van der Waals surface area contributed by atoms with E-state index in [9.17, 15) is 13.2 Å². The second-order valence-electron chi connectivity index (χ2n) is 7.93. The first-order valence-corrected chi connectivity index (χ1v) is 13.4. The van der Waals surface area contributed by atoms with Gasteiger partial charge >= 0.3 is 6.36 Å². The van der Waals surface area contributed by atoms with Crippen molar-refractivity contribution in [2.75, 3.05) is 11.5 Å². The Kier molecular flexibility index (Phi) is 6.43. The lowest BCUT2D eigenvalue weighted by atomic mass is 10.0. The van der Waals surface area contributed by atoms with Crippen molar-refractivity contribution in [1.82, 2.24) is 14.8 Å². The molecule has 5 rings (SSSR count). The molecule has 0 N–H and O–H groups in total. The zero-order valence-electron chi connectivity index (χ0n) is 18.6. The van der Waals surface area contributed by atoms with Crippen molar-refractivity contribution in [1.29, 1.82) is 0 Å². The van der Waals surface area contributed by atoms with Gasteiger partial charge in [0.2, 0.25) is 0 Å². The van der Waals surface area contributed by atoms with Gasteiger partial charge in [0, 0.05) is 40.2 Å². The van der Waals surface area contributed by atoms with Crippen LogP contribution in [0.1, 0.15) is 18.5 Å². The normalized spacial score (nSPS) is 15.5. The third-order valence-electron chi connectivity index (χ3n) is 5.44. The minimum atomic E-state index is -4.75. The molecule has 2 aromatic carbocycles. The average molecular weight is 582 g/mol. The van der Waals surface area contributed by atoms with E-state index in [2.05, 4.69) is 32.6 Å². The first-order valence-electron chi connectivity index (χ1n) is 10.6. The Hall–Kier alpha value is -2.37. The van der Waals surface area contributed by atoms with E-state index in [-0.39, 0.29) is 9.83 Å². The van der Waals surface area contributed by atoms with Crippen LogP contribution in [0.3, 0.4) is 0 Å². The minimum Gasteiger partial charge on any atom is -0.440 e. The van der Waals surface area contributed by atoms with Gasteiger partial charge in [0.25, 0.3) is 0 Å². The van der Waals surface area contributed by atoms with Crippen molar-refractivity contribution in [3.63, 3.8) is 0 Å². The van der Waals surface area contributed by atoms with Gasteiger partial charge in [-0.05, 0) is 55.5 Å². The number of nitrogens with zero attached hydrogens (tertiary/aromatic N) is 3. The van der Waals surface area contributed by atoms with Crippen LogP contribution in [-0.4, -0.2) is 32.6 Å². The SMILES string of the molecule is Cc1nc(-c2ccc(OC(F)(F)F)cc2)c(-c2cc(Br)ccc2-n2ccc(C3(C)SCCS3)n2)o1. The first kappa shape index (κ1) is 24.3. The summed E-state index contributed by atoms with van der Waals surface area (Å²) in [6, 6.07) is 13.4. The minimum absolute atomic E-state index is 0.0883. The number of hydrogen-bond acceptors (Lipinski definition) is 6. The van der Waals surface area contributed by atoms with Crippen LogP contribution in [0.15, 0.2) is 63.6 Å². The number of halogens is 4. The maximum absolute atomic E-state index is 12.6. The Morgan fingerprint density at radius 1 is 1.09 bits per heavy atom. The van der Waals surface area contributed by atoms with Gasteiger partial charge in [0.05, 0.1) is 11.4 Å². The van der Waals surface area contributed by atoms with E-state index >= 15 is 0 Å². The number of alkyl halides is 3. The van der Waals surface area contributed by atoms with Crippen molar-refractivity contribution in [3.8, 4) is 34.0 Å². The molecule has 0 aliphatic carbocycles. The molecule has 1 aliphatic rings. The summed E-state index contributed by atoms with van der Waals surface area (Å²) in [6.45, 7) is 3.92. The smallest absolute Gasteiger partial charge is 0.440 e. The molecule has 0 spiro atoms. The fourth-order valence-corrected chi connectivity index (χ4v) is 7.03. The summed E-state index contributed by atoms with van der Waals surface area (Å²) in [4.78, 5) is 4.52. The van der Waals surface area contributed by atoms with Crippen LogP contribution in [-0.2, 0) is 4.08 Å². The van der Waals surface area contributed by atoms with E-state index in [1.54, 1.807) is 6.92 Å². The Morgan fingerprint density at radius 2 is 1.80 bits per heavy atom. The van der Waals surface area contributed by atoms with Crippen LogP contribution in [0.4, 0.5) is 13.2 Å². The van der Waals surface area contributed by atoms with E-state index < -0.39 is 6.36 Å². The third-order valence-corrected chi connectivity index (χ3v) is 9.23. The number of aryl methyl sites for hydroxylation is 1. The topological polar surface area (TPSA) is 53.1 Å². The lowest BCUT2D eigenvalue weighted by Crippen LogP contribution is -2.16. The third kappa shape index (κ3) is 5.12. The van der Waals surface area contributed by atoms with Crippen molar-refractivity contribution < 1.29 is 22.3 Å². The summed E-state index contributed by atoms with van der Waals surface area (Å²) in [5.41, 5.74) is 3.65. The van der Waals surface area contributed by atoms with Crippen LogP contribution in [0.25, 0.3) is 28.3 Å². The standard InChI is InChI=1S/C24H19BrF3N3O2S2/c1-14-29-21(15-3-6-17(7-4-15)33-24(26,27)28)22(32-14)18-13-16(25)5-8-19(18)31-10-9-20(30-31)23(2)34-11-12-35-23/h3-10,13H,11-12H2,1-2H3. The highest BCUT2D eigenvalue weighted by Gasteiger charge is 2.35. The molecule has 0 unspecified atom stereocenters. The van der Waals surface area contributed by atoms with Crippen LogP contribution in [0.2, 0.25) is 0 Å². The number of rotatable bonds is 5. The lowest BCUT2D eigenvalue weighted by Gasteiger charge is -2.18. The summed E-state index contributed by atoms with van der Waals surface area (Å²) in [5, 5.41) is 4.88. The summed E-state index contributed by atoms with van der Waals surface area (Å²) >= 11 is 7.31. The molecule has 35 heavy (non-hydrogen) atoms. The van der Waals surface area contributed by atoms with Crippen LogP contribution in [0.5, 0.6) is 5.75 Å². The zero-order chi connectivity index (χ0) is 24.8. The number of ether oxygens (including phenoxy) is 1. The molecule has 3 heterocycles. The van der Waals surface area contributed by atoms with Gasteiger partial charge < -0.3 is 9.15 Å². The first-order chi connectivity index (χ1) is 16.6. The maximum Gasteiger partial charge on any atom is 0.573 e. The summed E-state index contributed by atoms with van der Waals surface area (Å²) in [7, 11) is 0. The lowest BCUT2D eigenvalue weighted by molar-refractivity contribution is -0.274. The number of thioether (sulfide) groups is 2. The fourth-order valence-electron chi connectivity index (χ4n) is 3.87. The zero-order valence-corrected chi connectivity index (χ0v) is 21.8. The maximum atomic E-state index is 12.6. The van der Waals surface area contributed by atoms with Gasteiger partial charge in [0.1, 0.15) is 15.5 Å². The highest BCUT2D eigenvalue weighted by Crippen LogP contribution is 2.51. The fraction of sp³-hybridized carbons (Fsp3) is 0.250. The molecule has 1 aliphatic heterocycles. The highest BCUT2D eigenvalue weighted by atomic mass is 79.9. The van der Waals surface area contributed by atoms with E-state index in [1.807, 2.05) is 58.7 Å². The molecule has 11 heteroatoms. The number of benzene rings is 2. The molecule has 0 amide bonds. The molecule has 4 aromatic rings. The number of oxazole rings is 1. The van der Waals surface area contributed by atoms with Gasteiger partial charge in [-0.3, -0.25) is 0 Å². The van der Waals surface area contributed by atoms with Gasteiger partial charge in [-0.15, -0.1) is 36.7 Å². The molecule has 182 valence electrons. The number of hydrogen-bond donors (Lipinski definition) is 0. The molecule has 1 fully saturated rings. The molecule has 5 nitrogen and oxygen atoms in total. The molecular weight excluding hydrogens is 563 g/mol. The monoisotopic (exact) mass is 581 g/mol. The molecule has 2 aromatic heterocycles. The predicted octanol–water partition coefficient (Wildman–Crippen LogP) is 7.82. The molecular formula is C24H19BrF3N3O2S2. The average Bonchev–Trinajstić information content (AvgIpc) is 3.53. The molecule has 1 saturated heterocycles.